The lowest BCUT2D eigenvalue weighted by Crippen LogP contribution is -2.24. The van der Waals surface area contributed by atoms with Gasteiger partial charge < -0.3 is 14.0 Å². The molecule has 2 aromatic heterocycles. The maximum absolute atomic E-state index is 12.4. The molecule has 0 radical (unpaired) electrons. The second-order valence-corrected chi connectivity index (χ2v) is 6.38. The zero-order valence-corrected chi connectivity index (χ0v) is 15.3. The highest BCUT2D eigenvalue weighted by atomic mass is 16.5. The molecule has 2 heterocycles. The maximum atomic E-state index is 12.4. The summed E-state index contributed by atoms with van der Waals surface area (Å²) in [6, 6.07) is 11.4. The number of esters is 1. The van der Waals surface area contributed by atoms with Crippen LogP contribution in [0.5, 0.6) is 0 Å². The number of rotatable bonds is 4. The summed E-state index contributed by atoms with van der Waals surface area (Å²) in [5, 5.41) is 0. The van der Waals surface area contributed by atoms with Gasteiger partial charge in [0.25, 0.3) is 0 Å². The Morgan fingerprint density at radius 2 is 1.81 bits per heavy atom. The zero-order chi connectivity index (χ0) is 18.8. The van der Waals surface area contributed by atoms with Crippen LogP contribution in [0.4, 0.5) is 0 Å². The second-order valence-electron chi connectivity index (χ2n) is 6.38. The van der Waals surface area contributed by atoms with E-state index in [1.54, 1.807) is 41.7 Å². The van der Waals surface area contributed by atoms with Crippen molar-refractivity contribution in [1.82, 2.24) is 14.3 Å². The molecule has 0 aliphatic heterocycles. The first-order chi connectivity index (χ1) is 12.4. The van der Waals surface area contributed by atoms with Gasteiger partial charge in [-0.1, -0.05) is 29.8 Å². The third-order valence-corrected chi connectivity index (χ3v) is 4.28. The number of hydrogen-bond acceptors (Lipinski definition) is 4. The molecule has 0 saturated heterocycles. The van der Waals surface area contributed by atoms with Crippen LogP contribution in [-0.2, 0) is 16.0 Å². The van der Waals surface area contributed by atoms with Crippen LogP contribution in [0.1, 0.15) is 21.6 Å². The molecule has 6 nitrogen and oxygen atoms in total. The van der Waals surface area contributed by atoms with Gasteiger partial charge in [-0.05, 0) is 19.1 Å². The molecule has 3 aromatic rings. The molecule has 3 rings (SSSR count). The molecule has 0 atom stereocenters. The van der Waals surface area contributed by atoms with Crippen molar-refractivity contribution in [2.75, 3.05) is 21.2 Å². The van der Waals surface area contributed by atoms with E-state index >= 15 is 0 Å². The van der Waals surface area contributed by atoms with E-state index in [2.05, 4.69) is 0 Å². The average molecular weight is 351 g/mol. The van der Waals surface area contributed by atoms with Gasteiger partial charge in [-0.25, -0.2) is 9.78 Å². The smallest absolute Gasteiger partial charge is 0.339 e. The van der Waals surface area contributed by atoms with E-state index in [1.165, 1.54) is 7.11 Å². The van der Waals surface area contributed by atoms with Crippen LogP contribution in [0.2, 0.25) is 0 Å². The minimum atomic E-state index is -0.428. The van der Waals surface area contributed by atoms with Crippen LogP contribution in [0.25, 0.3) is 16.9 Å². The average Bonchev–Trinajstić information content (AvgIpc) is 2.99. The minimum Gasteiger partial charge on any atom is -0.465 e. The summed E-state index contributed by atoms with van der Waals surface area (Å²) < 4.78 is 6.60. The highest BCUT2D eigenvalue weighted by Gasteiger charge is 2.19. The van der Waals surface area contributed by atoms with Crippen molar-refractivity contribution in [2.45, 2.75) is 13.3 Å². The number of hydrogen-bond donors (Lipinski definition) is 0. The van der Waals surface area contributed by atoms with Gasteiger partial charge in [-0.15, -0.1) is 0 Å². The Hall–Kier alpha value is -3.15. The van der Waals surface area contributed by atoms with E-state index in [1.807, 2.05) is 31.2 Å². The second kappa shape index (κ2) is 7.00. The van der Waals surface area contributed by atoms with Gasteiger partial charge in [-0.3, -0.25) is 4.79 Å². The molecule has 1 amide bonds. The van der Waals surface area contributed by atoms with Crippen molar-refractivity contribution in [3.8, 4) is 11.3 Å². The molecular formula is C20H21N3O3. The fraction of sp³-hybridized carbons (Fsp3) is 0.250. The third-order valence-electron chi connectivity index (χ3n) is 4.28. The van der Waals surface area contributed by atoms with Crippen LogP contribution in [0.15, 0.2) is 42.6 Å². The lowest BCUT2D eigenvalue weighted by Gasteiger charge is -2.11. The quantitative estimate of drug-likeness (QED) is 0.678. The van der Waals surface area contributed by atoms with Crippen LogP contribution < -0.4 is 0 Å². The topological polar surface area (TPSA) is 63.9 Å². The van der Waals surface area contributed by atoms with Crippen molar-refractivity contribution in [1.29, 1.82) is 0 Å². The Balaban J connectivity index is 2.20. The molecule has 6 heteroatoms. The first kappa shape index (κ1) is 17.7. The van der Waals surface area contributed by atoms with E-state index in [9.17, 15) is 9.59 Å². The van der Waals surface area contributed by atoms with E-state index < -0.39 is 5.97 Å². The molecule has 134 valence electrons. The van der Waals surface area contributed by atoms with E-state index in [4.69, 9.17) is 9.72 Å². The van der Waals surface area contributed by atoms with E-state index in [0.717, 1.165) is 22.5 Å². The van der Waals surface area contributed by atoms with E-state index in [-0.39, 0.29) is 12.3 Å². The summed E-state index contributed by atoms with van der Waals surface area (Å²) in [7, 11) is 4.78. The number of fused-ring (bicyclic) bond motifs is 1. The molecule has 0 saturated carbocycles. The van der Waals surface area contributed by atoms with Gasteiger partial charge in [-0.2, -0.15) is 0 Å². The number of methoxy groups -OCH3 is 1. The largest absolute Gasteiger partial charge is 0.465 e. The van der Waals surface area contributed by atoms with Gasteiger partial charge in [0.1, 0.15) is 5.65 Å². The van der Waals surface area contributed by atoms with Crippen LogP contribution in [-0.4, -0.2) is 47.4 Å². The standard InChI is InChI=1S/C20H21N3O3/c1-13-5-7-14(8-6-13)19-16(11-18(24)22(2)3)23-12-15(20(25)26-4)9-10-17(23)21-19/h5-10,12H,11H2,1-4H3. The first-order valence-corrected chi connectivity index (χ1v) is 8.27. The summed E-state index contributed by atoms with van der Waals surface area (Å²) in [4.78, 5) is 30.5. The van der Waals surface area contributed by atoms with Crippen LogP contribution in [0, 0.1) is 6.92 Å². The summed E-state index contributed by atoms with van der Waals surface area (Å²) in [5.41, 5.74) is 4.65. The highest BCUT2D eigenvalue weighted by molar-refractivity contribution is 5.89. The molecule has 26 heavy (non-hydrogen) atoms. The highest BCUT2D eigenvalue weighted by Crippen LogP contribution is 2.26. The molecule has 0 unspecified atom stereocenters. The van der Waals surface area contributed by atoms with Gasteiger partial charge in [0.15, 0.2) is 0 Å². The lowest BCUT2D eigenvalue weighted by molar-refractivity contribution is -0.128. The normalized spacial score (nSPS) is 10.8. The monoisotopic (exact) mass is 351 g/mol. The number of nitrogens with zero attached hydrogens (tertiary/aromatic N) is 3. The number of aryl methyl sites for hydroxylation is 1. The van der Waals surface area contributed by atoms with Crippen molar-refractivity contribution in [2.24, 2.45) is 0 Å². The van der Waals surface area contributed by atoms with Gasteiger partial charge >= 0.3 is 5.97 Å². The van der Waals surface area contributed by atoms with Crippen molar-refractivity contribution in [3.63, 3.8) is 0 Å². The molecule has 0 aliphatic carbocycles. The summed E-state index contributed by atoms with van der Waals surface area (Å²) in [5.74, 6) is -0.467. The van der Waals surface area contributed by atoms with Crippen molar-refractivity contribution in [3.05, 3.63) is 59.4 Å². The number of pyridine rings is 1. The Morgan fingerprint density at radius 1 is 1.12 bits per heavy atom. The fourth-order valence-electron chi connectivity index (χ4n) is 2.74. The third kappa shape index (κ3) is 3.31. The predicted molar refractivity (Wildman–Crippen MR) is 99.1 cm³/mol. The Labute approximate surface area is 152 Å². The Kier molecular flexibility index (Phi) is 4.75. The number of imidazole rings is 1. The van der Waals surface area contributed by atoms with Crippen LogP contribution in [0.3, 0.4) is 0 Å². The summed E-state index contributed by atoms with van der Waals surface area (Å²) in [6.45, 7) is 2.02. The number of ether oxygens (including phenoxy) is 1. The molecule has 0 aliphatic rings. The van der Waals surface area contributed by atoms with Gasteiger partial charge in [0.05, 0.1) is 30.5 Å². The molecule has 0 spiro atoms. The predicted octanol–water partition coefficient (Wildman–Crippen LogP) is 2.73. The Bertz CT molecular complexity index is 972. The van der Waals surface area contributed by atoms with Crippen molar-refractivity contribution < 1.29 is 14.3 Å². The summed E-state index contributed by atoms with van der Waals surface area (Å²) >= 11 is 0. The number of likely N-dealkylation sites (N-methyl/N-ethyl adjacent to an activating group) is 1. The van der Waals surface area contributed by atoms with E-state index in [0.29, 0.717) is 11.2 Å². The zero-order valence-electron chi connectivity index (χ0n) is 15.3. The number of carbonyl (C=O) groups excluding carboxylic acids is 2. The molecule has 0 N–H and O–H groups in total. The Morgan fingerprint density at radius 3 is 2.42 bits per heavy atom. The number of benzene rings is 1. The SMILES string of the molecule is COC(=O)c1ccc2nc(-c3ccc(C)cc3)c(CC(=O)N(C)C)n2c1. The molecule has 0 bridgehead atoms. The maximum Gasteiger partial charge on any atom is 0.339 e. The number of amides is 1. The van der Waals surface area contributed by atoms with Gasteiger partial charge in [0, 0.05) is 25.9 Å². The number of carbonyl (C=O) groups is 2. The summed E-state index contributed by atoms with van der Waals surface area (Å²) in [6.07, 6.45) is 1.85. The van der Waals surface area contributed by atoms with Crippen LogP contribution >= 0.6 is 0 Å². The fourth-order valence-corrected chi connectivity index (χ4v) is 2.74. The molecule has 0 fully saturated rings. The molecule has 1 aromatic carbocycles. The number of aromatic nitrogens is 2. The van der Waals surface area contributed by atoms with Crippen molar-refractivity contribution >= 4 is 17.5 Å². The minimum absolute atomic E-state index is 0.0383. The lowest BCUT2D eigenvalue weighted by atomic mass is 10.1. The van der Waals surface area contributed by atoms with Gasteiger partial charge in [0.2, 0.25) is 5.91 Å². The molecular weight excluding hydrogens is 330 g/mol. The first-order valence-electron chi connectivity index (χ1n) is 8.27.